The molecule has 0 spiro atoms. The number of hydrogen-bond donors (Lipinski definition) is 2. The van der Waals surface area contributed by atoms with Crippen LogP contribution in [-0.2, 0) is 4.74 Å². The molecule has 3 nitrogen and oxygen atoms in total. The van der Waals surface area contributed by atoms with E-state index in [1.807, 2.05) is 6.92 Å². The molecule has 0 saturated heterocycles. The highest BCUT2D eigenvalue weighted by Crippen LogP contribution is 2.35. The van der Waals surface area contributed by atoms with E-state index in [-0.39, 0.29) is 18.1 Å². The Morgan fingerprint density at radius 2 is 1.32 bits per heavy atom. The van der Waals surface area contributed by atoms with Crippen molar-refractivity contribution in [1.29, 1.82) is 0 Å². The van der Waals surface area contributed by atoms with E-state index in [0.717, 1.165) is 51.0 Å². The van der Waals surface area contributed by atoms with Crippen molar-refractivity contribution in [3.05, 3.63) is 11.6 Å². The Labute approximate surface area is 238 Å². The Morgan fingerprint density at radius 3 is 2.00 bits per heavy atom. The molecule has 1 rings (SSSR count). The summed E-state index contributed by atoms with van der Waals surface area (Å²) in [5.41, 5.74) is 0.872. The van der Waals surface area contributed by atoms with Gasteiger partial charge in [-0.25, -0.2) is 0 Å². The predicted molar refractivity (Wildman–Crippen MR) is 166 cm³/mol. The van der Waals surface area contributed by atoms with E-state index in [4.69, 9.17) is 4.74 Å². The topological polar surface area (TPSA) is 49.7 Å². The van der Waals surface area contributed by atoms with Crippen molar-refractivity contribution in [1.82, 2.24) is 0 Å². The van der Waals surface area contributed by atoms with Crippen LogP contribution < -0.4 is 0 Å². The molecule has 0 aromatic rings. The fourth-order valence-corrected chi connectivity index (χ4v) is 6.20. The molecule has 1 aliphatic rings. The monoisotopic (exact) mass is 537 g/mol. The predicted octanol–water partition coefficient (Wildman–Crippen LogP) is 10.0. The van der Waals surface area contributed by atoms with Gasteiger partial charge in [-0.1, -0.05) is 131 Å². The van der Waals surface area contributed by atoms with Gasteiger partial charge >= 0.3 is 0 Å². The molecule has 7 unspecified atom stereocenters. The molecule has 38 heavy (non-hydrogen) atoms. The third-order valence-electron chi connectivity index (χ3n) is 9.44. The minimum Gasteiger partial charge on any atom is -0.390 e. The fraction of sp³-hybridized carbons (Fsp3) is 0.943. The second-order valence-corrected chi connectivity index (χ2v) is 13.5. The van der Waals surface area contributed by atoms with Gasteiger partial charge in [-0.15, -0.1) is 0 Å². The molecule has 0 heterocycles. The largest absolute Gasteiger partial charge is 0.390 e. The minimum absolute atomic E-state index is 0.176. The molecule has 0 aromatic carbocycles. The van der Waals surface area contributed by atoms with Crippen molar-refractivity contribution >= 4 is 0 Å². The Bertz CT molecular complexity index is 598. The number of hydrogen-bond acceptors (Lipinski definition) is 3. The number of ether oxygens (including phenoxy) is 1. The van der Waals surface area contributed by atoms with E-state index in [1.165, 1.54) is 82.6 Å². The lowest BCUT2D eigenvalue weighted by molar-refractivity contribution is -0.0127. The van der Waals surface area contributed by atoms with Crippen molar-refractivity contribution in [3.8, 4) is 0 Å². The van der Waals surface area contributed by atoms with Gasteiger partial charge in [0.2, 0.25) is 0 Å². The molecule has 3 heteroatoms. The Hall–Kier alpha value is -0.380. The van der Waals surface area contributed by atoms with Crippen LogP contribution in [-0.4, -0.2) is 34.6 Å². The normalized spacial score (nSPS) is 25.1. The first kappa shape index (κ1) is 35.6. The van der Waals surface area contributed by atoms with Crippen molar-refractivity contribution in [3.63, 3.8) is 0 Å². The molecule has 2 N–H and O–H groups in total. The maximum Gasteiger partial charge on any atom is 0.0815 e. The molecule has 0 amide bonds. The average Bonchev–Trinajstić information content (AvgIpc) is 2.86. The third-order valence-corrected chi connectivity index (χ3v) is 9.44. The zero-order valence-corrected chi connectivity index (χ0v) is 26.8. The van der Waals surface area contributed by atoms with Gasteiger partial charge in [0.15, 0.2) is 0 Å². The molecule has 0 aliphatic heterocycles. The SMILES string of the molecule is CCCCCCCCOC1C(CCC(C)CCCC(C)CCCC(C)(O)CCCCC)=CC(O)C(C)C1C. The second kappa shape index (κ2) is 20.5. The lowest BCUT2D eigenvalue weighted by atomic mass is 9.76. The fourth-order valence-electron chi connectivity index (χ4n) is 6.20. The van der Waals surface area contributed by atoms with Crippen molar-refractivity contribution in [2.24, 2.45) is 23.7 Å². The lowest BCUT2D eigenvalue weighted by Gasteiger charge is -2.38. The molecular formula is C35H68O3. The molecule has 1 aliphatic carbocycles. The second-order valence-electron chi connectivity index (χ2n) is 13.5. The van der Waals surface area contributed by atoms with Gasteiger partial charge in [0.25, 0.3) is 0 Å². The van der Waals surface area contributed by atoms with Crippen LogP contribution in [0, 0.1) is 23.7 Å². The summed E-state index contributed by atoms with van der Waals surface area (Å²) < 4.78 is 6.47. The number of rotatable bonds is 23. The summed E-state index contributed by atoms with van der Waals surface area (Å²) in [7, 11) is 0. The van der Waals surface area contributed by atoms with Crippen molar-refractivity contribution in [2.75, 3.05) is 6.61 Å². The summed E-state index contributed by atoms with van der Waals surface area (Å²) in [6.45, 7) is 16.6. The first-order valence-electron chi connectivity index (χ1n) is 16.8. The van der Waals surface area contributed by atoms with E-state index < -0.39 is 5.60 Å². The van der Waals surface area contributed by atoms with Crippen molar-refractivity contribution in [2.45, 2.75) is 182 Å². The van der Waals surface area contributed by atoms with E-state index in [1.54, 1.807) is 0 Å². The molecule has 226 valence electrons. The van der Waals surface area contributed by atoms with E-state index in [9.17, 15) is 10.2 Å². The Kier molecular flexibility index (Phi) is 19.2. The highest BCUT2D eigenvalue weighted by molar-refractivity contribution is 5.18. The van der Waals surface area contributed by atoms with Gasteiger partial charge in [-0.05, 0) is 68.3 Å². The van der Waals surface area contributed by atoms with Crippen LogP contribution in [0.15, 0.2) is 11.6 Å². The van der Waals surface area contributed by atoms with Gasteiger partial charge in [-0.2, -0.15) is 0 Å². The van der Waals surface area contributed by atoms with Crippen LogP contribution in [0.5, 0.6) is 0 Å². The van der Waals surface area contributed by atoms with E-state index in [0.29, 0.717) is 11.8 Å². The molecular weight excluding hydrogens is 468 g/mol. The number of aliphatic hydroxyl groups excluding tert-OH is 1. The van der Waals surface area contributed by atoms with Crippen LogP contribution >= 0.6 is 0 Å². The van der Waals surface area contributed by atoms with Crippen LogP contribution in [0.4, 0.5) is 0 Å². The first-order valence-corrected chi connectivity index (χ1v) is 16.8. The summed E-state index contributed by atoms with van der Waals surface area (Å²) in [5.74, 6) is 2.07. The molecule has 0 fully saturated rings. The van der Waals surface area contributed by atoms with Crippen LogP contribution in [0.1, 0.15) is 164 Å². The molecule has 7 atom stereocenters. The molecule has 0 aromatic heterocycles. The number of unbranched alkanes of at least 4 members (excludes halogenated alkanes) is 7. The molecule has 0 radical (unpaired) electrons. The van der Waals surface area contributed by atoms with Gasteiger partial charge in [0.1, 0.15) is 0 Å². The summed E-state index contributed by atoms with van der Waals surface area (Å²) in [5, 5.41) is 21.2. The van der Waals surface area contributed by atoms with Gasteiger partial charge < -0.3 is 14.9 Å². The van der Waals surface area contributed by atoms with E-state index >= 15 is 0 Å². The van der Waals surface area contributed by atoms with Crippen LogP contribution in [0.25, 0.3) is 0 Å². The minimum atomic E-state index is -0.476. The number of aliphatic hydroxyl groups is 2. The summed E-state index contributed by atoms with van der Waals surface area (Å²) in [4.78, 5) is 0. The maximum absolute atomic E-state index is 10.6. The quantitative estimate of drug-likeness (QED) is 0.101. The Morgan fingerprint density at radius 1 is 0.763 bits per heavy atom. The van der Waals surface area contributed by atoms with Crippen LogP contribution in [0.3, 0.4) is 0 Å². The zero-order chi connectivity index (χ0) is 28.4. The lowest BCUT2D eigenvalue weighted by Crippen LogP contribution is -2.39. The highest BCUT2D eigenvalue weighted by atomic mass is 16.5. The highest BCUT2D eigenvalue weighted by Gasteiger charge is 2.34. The van der Waals surface area contributed by atoms with Gasteiger partial charge in [-0.3, -0.25) is 0 Å². The van der Waals surface area contributed by atoms with Crippen LogP contribution in [0.2, 0.25) is 0 Å². The summed E-state index contributed by atoms with van der Waals surface area (Å²) in [6, 6.07) is 0. The van der Waals surface area contributed by atoms with Gasteiger partial charge in [0.05, 0.1) is 17.8 Å². The standard InChI is InChI=1S/C35H68O3/c1-8-10-12-13-14-16-26-38-34-31(6)30(5)33(36)27-32(34)23-22-29(4)20-17-19-28(3)21-18-25-35(7,37)24-15-11-9-2/h27-31,33-34,36-37H,8-26H2,1-7H3. The summed E-state index contributed by atoms with van der Waals surface area (Å²) in [6.07, 6.45) is 23.7. The maximum atomic E-state index is 10.6. The summed E-state index contributed by atoms with van der Waals surface area (Å²) >= 11 is 0. The third kappa shape index (κ3) is 15.4. The molecule has 0 bridgehead atoms. The smallest absolute Gasteiger partial charge is 0.0815 e. The zero-order valence-electron chi connectivity index (χ0n) is 26.8. The average molecular weight is 537 g/mol. The van der Waals surface area contributed by atoms with E-state index in [2.05, 4.69) is 47.6 Å². The Balaban J connectivity index is 2.34. The van der Waals surface area contributed by atoms with Crippen molar-refractivity contribution < 1.29 is 14.9 Å². The molecule has 0 saturated carbocycles. The first-order chi connectivity index (χ1) is 18.1. The van der Waals surface area contributed by atoms with Gasteiger partial charge in [0, 0.05) is 6.61 Å².